The molecule has 0 bridgehead atoms. The van der Waals surface area contributed by atoms with Gasteiger partial charge in [-0.05, 0) is 37.5 Å². The predicted octanol–water partition coefficient (Wildman–Crippen LogP) is 1.54. The normalized spacial score (nSPS) is 12.5. The number of nitrogens with zero attached hydrogens (tertiary/aromatic N) is 2. The van der Waals surface area contributed by atoms with Crippen LogP contribution in [0.4, 0.5) is 0 Å². The van der Waals surface area contributed by atoms with Crippen molar-refractivity contribution in [3.05, 3.63) is 30.1 Å². The van der Waals surface area contributed by atoms with Crippen LogP contribution in [-0.2, 0) is 11.3 Å². The van der Waals surface area contributed by atoms with Crippen molar-refractivity contribution in [2.24, 2.45) is 5.73 Å². The molecule has 1 aromatic carbocycles. The van der Waals surface area contributed by atoms with Crippen LogP contribution in [0.5, 0.6) is 0 Å². The molecule has 21 heavy (non-hydrogen) atoms. The van der Waals surface area contributed by atoms with Crippen molar-refractivity contribution < 1.29 is 4.79 Å². The van der Waals surface area contributed by atoms with Crippen molar-refractivity contribution in [3.8, 4) is 0 Å². The van der Waals surface area contributed by atoms with Gasteiger partial charge in [-0.3, -0.25) is 4.79 Å². The predicted molar refractivity (Wildman–Crippen MR) is 88.5 cm³/mol. The number of carbonyl (C=O) groups is 1. The van der Waals surface area contributed by atoms with Gasteiger partial charge >= 0.3 is 0 Å². The summed E-state index contributed by atoms with van der Waals surface area (Å²) >= 11 is 1.70. The molecule has 0 unspecified atom stereocenters. The lowest BCUT2D eigenvalue weighted by atomic mass is 10.2. The van der Waals surface area contributed by atoms with Crippen LogP contribution in [0.25, 0.3) is 11.0 Å². The Labute approximate surface area is 129 Å². The van der Waals surface area contributed by atoms with E-state index in [1.54, 1.807) is 11.8 Å². The van der Waals surface area contributed by atoms with E-state index < -0.39 is 6.04 Å². The maximum atomic E-state index is 11.9. The molecule has 0 fully saturated rings. The maximum Gasteiger partial charge on any atom is 0.237 e. The molecule has 1 amide bonds. The highest BCUT2D eigenvalue weighted by Gasteiger charge is 2.12. The molecule has 1 heterocycles. The largest absolute Gasteiger partial charge is 0.353 e. The van der Waals surface area contributed by atoms with Gasteiger partial charge in [-0.25, -0.2) is 4.98 Å². The number of amides is 1. The number of fused-ring (bicyclic) bond motifs is 1. The summed E-state index contributed by atoms with van der Waals surface area (Å²) in [4.78, 5) is 16.4. The lowest BCUT2D eigenvalue weighted by molar-refractivity contribution is -0.122. The van der Waals surface area contributed by atoms with E-state index in [0.29, 0.717) is 19.5 Å². The van der Waals surface area contributed by atoms with Crippen molar-refractivity contribution >= 4 is 28.7 Å². The van der Waals surface area contributed by atoms with Gasteiger partial charge in [0.05, 0.1) is 17.1 Å². The average Bonchev–Trinajstić information content (AvgIpc) is 2.80. The molecule has 0 aliphatic heterocycles. The monoisotopic (exact) mass is 306 g/mol. The van der Waals surface area contributed by atoms with Crippen molar-refractivity contribution in [2.75, 3.05) is 18.6 Å². The van der Waals surface area contributed by atoms with Gasteiger partial charge in [0.15, 0.2) is 0 Å². The fourth-order valence-corrected chi connectivity index (χ4v) is 2.77. The van der Waals surface area contributed by atoms with Gasteiger partial charge in [0.1, 0.15) is 5.82 Å². The number of thioether (sulfide) groups is 1. The van der Waals surface area contributed by atoms with E-state index in [2.05, 4.69) is 14.9 Å². The van der Waals surface area contributed by atoms with Crippen LogP contribution in [0.3, 0.4) is 0 Å². The Morgan fingerprint density at radius 3 is 3.00 bits per heavy atom. The number of hydrogen-bond acceptors (Lipinski definition) is 4. The third-order valence-electron chi connectivity index (χ3n) is 3.45. The quantitative estimate of drug-likeness (QED) is 0.814. The molecule has 3 N–H and O–H groups in total. The first-order valence-corrected chi connectivity index (χ1v) is 8.47. The summed E-state index contributed by atoms with van der Waals surface area (Å²) in [5.74, 6) is 1.78. The average molecular weight is 306 g/mol. The minimum Gasteiger partial charge on any atom is -0.353 e. The highest BCUT2D eigenvalue weighted by atomic mass is 32.2. The zero-order valence-corrected chi connectivity index (χ0v) is 13.3. The summed E-state index contributed by atoms with van der Waals surface area (Å²) in [7, 11) is 0. The third-order valence-corrected chi connectivity index (χ3v) is 4.09. The molecular weight excluding hydrogens is 284 g/mol. The maximum absolute atomic E-state index is 11.9. The minimum absolute atomic E-state index is 0.0777. The first-order chi connectivity index (χ1) is 10.1. The molecule has 114 valence electrons. The molecule has 2 rings (SSSR count). The summed E-state index contributed by atoms with van der Waals surface area (Å²) < 4.78 is 2.11. The summed E-state index contributed by atoms with van der Waals surface area (Å²) in [6.45, 7) is 3.24. The fraction of sp³-hybridized carbons (Fsp3) is 0.467. The van der Waals surface area contributed by atoms with Crippen LogP contribution in [0.15, 0.2) is 24.3 Å². The number of hydrogen-bond donors (Lipinski definition) is 2. The lowest BCUT2D eigenvalue weighted by Crippen LogP contribution is -2.42. The van der Waals surface area contributed by atoms with Crippen molar-refractivity contribution in [1.29, 1.82) is 0 Å². The molecule has 0 radical (unpaired) electrons. The molecule has 0 spiro atoms. The van der Waals surface area contributed by atoms with Gasteiger partial charge in [0, 0.05) is 13.1 Å². The Morgan fingerprint density at radius 1 is 1.48 bits per heavy atom. The molecule has 0 aliphatic rings. The number of nitrogens with one attached hydrogen (secondary N) is 1. The van der Waals surface area contributed by atoms with E-state index in [9.17, 15) is 4.79 Å². The highest BCUT2D eigenvalue weighted by Crippen LogP contribution is 2.14. The van der Waals surface area contributed by atoms with E-state index in [-0.39, 0.29) is 5.91 Å². The number of carbonyl (C=O) groups excluding carboxylic acids is 1. The molecule has 0 saturated heterocycles. The number of aryl methyl sites for hydroxylation is 1. The van der Waals surface area contributed by atoms with Gasteiger partial charge in [-0.2, -0.15) is 11.8 Å². The van der Waals surface area contributed by atoms with E-state index in [4.69, 9.17) is 5.73 Å². The first kappa shape index (κ1) is 15.9. The number of rotatable bonds is 7. The topological polar surface area (TPSA) is 72.9 Å². The summed E-state index contributed by atoms with van der Waals surface area (Å²) in [6, 6.07) is 7.60. The molecule has 6 heteroatoms. The number of nitrogens with two attached hydrogens (primary N) is 1. The fourth-order valence-electron chi connectivity index (χ4n) is 2.28. The number of benzene rings is 1. The summed E-state index contributed by atoms with van der Waals surface area (Å²) in [5, 5.41) is 2.90. The molecule has 5 nitrogen and oxygen atoms in total. The second kappa shape index (κ2) is 7.47. The molecular formula is C15H22N4OS. The van der Waals surface area contributed by atoms with Crippen LogP contribution >= 0.6 is 11.8 Å². The Hall–Kier alpha value is -1.53. The van der Waals surface area contributed by atoms with Gasteiger partial charge in [0.2, 0.25) is 5.91 Å². The zero-order valence-electron chi connectivity index (χ0n) is 12.5. The van der Waals surface area contributed by atoms with Crippen LogP contribution in [0, 0.1) is 6.92 Å². The van der Waals surface area contributed by atoms with Gasteiger partial charge in [-0.15, -0.1) is 0 Å². The minimum atomic E-state index is -0.418. The smallest absolute Gasteiger partial charge is 0.237 e. The van der Waals surface area contributed by atoms with Crippen LogP contribution < -0.4 is 11.1 Å². The summed E-state index contributed by atoms with van der Waals surface area (Å²) in [5.41, 5.74) is 7.92. The standard InChI is InChI=1S/C15H22N4OS/c1-11-18-13-5-3-4-6-14(13)19(11)9-8-17-15(20)12(16)7-10-21-2/h3-6,12H,7-10,16H2,1-2H3,(H,17,20)/t12-/m0/s1. The lowest BCUT2D eigenvalue weighted by Gasteiger charge is -2.12. The SMILES string of the molecule is CSCC[C@H](N)C(=O)NCCn1c(C)nc2ccccc21. The van der Waals surface area contributed by atoms with Crippen molar-refractivity contribution in [3.63, 3.8) is 0 Å². The van der Waals surface area contributed by atoms with Crippen LogP contribution in [-0.4, -0.2) is 40.1 Å². The first-order valence-electron chi connectivity index (χ1n) is 7.07. The summed E-state index contributed by atoms with van der Waals surface area (Å²) in [6.07, 6.45) is 2.72. The molecule has 0 aliphatic carbocycles. The highest BCUT2D eigenvalue weighted by molar-refractivity contribution is 7.98. The van der Waals surface area contributed by atoms with E-state index in [1.165, 1.54) is 0 Å². The Bertz CT molecular complexity index is 611. The van der Waals surface area contributed by atoms with Gasteiger partial charge in [0.25, 0.3) is 0 Å². The number of imidazole rings is 1. The second-order valence-electron chi connectivity index (χ2n) is 4.98. The van der Waals surface area contributed by atoms with E-state index >= 15 is 0 Å². The second-order valence-corrected chi connectivity index (χ2v) is 5.96. The zero-order chi connectivity index (χ0) is 15.2. The number of aromatic nitrogens is 2. The van der Waals surface area contributed by atoms with Gasteiger partial charge in [-0.1, -0.05) is 12.1 Å². The molecule has 2 aromatic rings. The Kier molecular flexibility index (Phi) is 5.64. The Morgan fingerprint density at radius 2 is 2.24 bits per heavy atom. The van der Waals surface area contributed by atoms with Crippen molar-refractivity contribution in [2.45, 2.75) is 25.9 Å². The van der Waals surface area contributed by atoms with E-state index in [0.717, 1.165) is 22.6 Å². The third kappa shape index (κ3) is 3.98. The van der Waals surface area contributed by atoms with Crippen LogP contribution in [0.1, 0.15) is 12.2 Å². The van der Waals surface area contributed by atoms with Crippen molar-refractivity contribution in [1.82, 2.24) is 14.9 Å². The molecule has 1 atom stereocenters. The van der Waals surface area contributed by atoms with Crippen LogP contribution in [0.2, 0.25) is 0 Å². The van der Waals surface area contributed by atoms with E-state index in [1.807, 2.05) is 37.4 Å². The molecule has 0 saturated carbocycles. The number of para-hydroxylation sites is 2. The Balaban J connectivity index is 1.90. The molecule has 1 aromatic heterocycles. The van der Waals surface area contributed by atoms with Gasteiger partial charge < -0.3 is 15.6 Å².